The monoisotopic (exact) mass is 460 g/mol. The molecular weight excluding hydrogens is 432 g/mol. The first-order valence-electron chi connectivity index (χ1n) is 11.2. The maximum absolute atomic E-state index is 10.6. The van der Waals surface area contributed by atoms with Gasteiger partial charge in [-0.3, -0.25) is 4.79 Å². The molecule has 0 radical (unpaired) electrons. The van der Waals surface area contributed by atoms with Gasteiger partial charge in [-0.05, 0) is 92.4 Å². The molecule has 0 fully saturated rings. The lowest BCUT2D eigenvalue weighted by molar-refractivity contribution is -0.137. The number of carboxylic acids is 1. The third-order valence-corrected chi connectivity index (χ3v) is 6.75. The number of benzene rings is 1. The van der Waals surface area contributed by atoms with Gasteiger partial charge in [0.25, 0.3) is 0 Å². The standard InChI is InChI=1S/C27H28N2O3S/c1-4-23-11-12-24(33-23)27-18(3)15-21(29-27)16-20-14-17(2)26(28-20)19-7-9-22(10-8-19)32-13-5-6-25(30)31/h7-12,14-16,29H,4-6,13H2,1-3H3,(H,30,31)/b20-16-. The van der Waals surface area contributed by atoms with E-state index in [0.717, 1.165) is 40.4 Å². The number of aliphatic carboxylic acids is 1. The highest BCUT2D eigenvalue weighted by molar-refractivity contribution is 7.15. The van der Waals surface area contributed by atoms with E-state index in [1.807, 2.05) is 35.6 Å². The minimum Gasteiger partial charge on any atom is -0.494 e. The minimum atomic E-state index is -0.804. The van der Waals surface area contributed by atoms with Gasteiger partial charge in [-0.25, -0.2) is 4.99 Å². The zero-order chi connectivity index (χ0) is 23.4. The Labute approximate surface area is 198 Å². The normalized spacial score (nSPS) is 14.5. The van der Waals surface area contributed by atoms with E-state index >= 15 is 0 Å². The van der Waals surface area contributed by atoms with Crippen molar-refractivity contribution < 1.29 is 14.6 Å². The molecule has 3 heterocycles. The van der Waals surface area contributed by atoms with Gasteiger partial charge in [0.05, 0.1) is 28.6 Å². The highest BCUT2D eigenvalue weighted by atomic mass is 32.1. The largest absolute Gasteiger partial charge is 0.494 e. The molecule has 6 heteroatoms. The van der Waals surface area contributed by atoms with Crippen molar-refractivity contribution in [3.8, 4) is 16.3 Å². The average Bonchev–Trinajstić information content (AvgIpc) is 3.50. The number of carbonyl (C=O) groups is 1. The summed E-state index contributed by atoms with van der Waals surface area (Å²) in [6.45, 7) is 6.77. The molecule has 0 amide bonds. The van der Waals surface area contributed by atoms with Crippen molar-refractivity contribution in [2.75, 3.05) is 6.61 Å². The van der Waals surface area contributed by atoms with Crippen LogP contribution in [0.25, 0.3) is 16.6 Å². The topological polar surface area (TPSA) is 74.7 Å². The van der Waals surface area contributed by atoms with Gasteiger partial charge in [0.2, 0.25) is 0 Å². The number of nitrogens with zero attached hydrogens (tertiary/aromatic N) is 1. The van der Waals surface area contributed by atoms with Crippen LogP contribution in [0, 0.1) is 6.92 Å². The highest BCUT2D eigenvalue weighted by Crippen LogP contribution is 2.32. The summed E-state index contributed by atoms with van der Waals surface area (Å²) in [5.74, 6) is -0.0727. The lowest BCUT2D eigenvalue weighted by Crippen LogP contribution is -2.03. The van der Waals surface area contributed by atoms with E-state index in [4.69, 9.17) is 14.8 Å². The Balaban J connectivity index is 1.47. The molecule has 0 unspecified atom stereocenters. The molecule has 2 N–H and O–H groups in total. The molecule has 170 valence electrons. The second-order valence-corrected chi connectivity index (χ2v) is 9.30. The predicted octanol–water partition coefficient (Wildman–Crippen LogP) is 6.65. The number of aromatic amines is 1. The summed E-state index contributed by atoms with van der Waals surface area (Å²) in [4.78, 5) is 21.6. The Morgan fingerprint density at radius 3 is 2.67 bits per heavy atom. The van der Waals surface area contributed by atoms with Crippen LogP contribution in [0.2, 0.25) is 0 Å². The summed E-state index contributed by atoms with van der Waals surface area (Å²) >= 11 is 1.83. The number of aromatic nitrogens is 1. The number of allylic oxidation sites excluding steroid dienone is 2. The summed E-state index contributed by atoms with van der Waals surface area (Å²) in [7, 11) is 0. The van der Waals surface area contributed by atoms with Crippen molar-refractivity contribution in [1.82, 2.24) is 4.98 Å². The van der Waals surface area contributed by atoms with E-state index in [-0.39, 0.29) is 6.42 Å². The van der Waals surface area contributed by atoms with Crippen LogP contribution in [-0.4, -0.2) is 28.4 Å². The zero-order valence-corrected chi connectivity index (χ0v) is 20.0. The van der Waals surface area contributed by atoms with Gasteiger partial charge in [-0.1, -0.05) is 6.92 Å². The van der Waals surface area contributed by atoms with Gasteiger partial charge in [-0.2, -0.15) is 0 Å². The summed E-state index contributed by atoms with van der Waals surface area (Å²) in [6.07, 6.45) is 5.85. The maximum atomic E-state index is 10.6. The van der Waals surface area contributed by atoms with E-state index in [2.05, 4.69) is 56.1 Å². The van der Waals surface area contributed by atoms with Gasteiger partial charge in [0.1, 0.15) is 5.75 Å². The molecule has 3 aromatic rings. The number of thiophene rings is 1. The molecule has 0 spiro atoms. The molecular formula is C27H28N2O3S. The van der Waals surface area contributed by atoms with E-state index in [1.165, 1.54) is 21.0 Å². The predicted molar refractivity (Wildman–Crippen MR) is 135 cm³/mol. The highest BCUT2D eigenvalue weighted by Gasteiger charge is 2.15. The van der Waals surface area contributed by atoms with Crippen molar-refractivity contribution in [2.24, 2.45) is 4.99 Å². The lowest BCUT2D eigenvalue weighted by atomic mass is 10.0. The van der Waals surface area contributed by atoms with Gasteiger partial charge in [-0.15, -0.1) is 11.3 Å². The number of nitrogens with one attached hydrogen (secondary N) is 1. The summed E-state index contributed by atoms with van der Waals surface area (Å²) in [5.41, 5.74) is 7.47. The van der Waals surface area contributed by atoms with Crippen LogP contribution in [0.3, 0.4) is 0 Å². The fraction of sp³-hybridized carbons (Fsp3) is 0.259. The smallest absolute Gasteiger partial charge is 0.303 e. The molecule has 1 aromatic carbocycles. The van der Waals surface area contributed by atoms with Crippen LogP contribution < -0.4 is 4.74 Å². The minimum absolute atomic E-state index is 0.114. The van der Waals surface area contributed by atoms with Crippen LogP contribution in [0.1, 0.15) is 48.4 Å². The Bertz CT molecular complexity index is 1240. The number of H-pyrrole nitrogens is 1. The Hall–Kier alpha value is -3.38. The molecule has 5 nitrogen and oxygen atoms in total. The van der Waals surface area contributed by atoms with Crippen molar-refractivity contribution in [1.29, 1.82) is 0 Å². The lowest BCUT2D eigenvalue weighted by Gasteiger charge is -2.07. The molecule has 0 saturated heterocycles. The van der Waals surface area contributed by atoms with Crippen LogP contribution in [0.4, 0.5) is 0 Å². The number of ether oxygens (including phenoxy) is 1. The molecule has 0 aliphatic carbocycles. The number of rotatable bonds is 9. The summed E-state index contributed by atoms with van der Waals surface area (Å²) < 4.78 is 5.63. The first kappa shape index (κ1) is 22.8. The number of aryl methyl sites for hydroxylation is 2. The van der Waals surface area contributed by atoms with Crippen molar-refractivity contribution in [3.05, 3.63) is 81.5 Å². The first-order valence-corrected chi connectivity index (χ1v) is 12.0. The van der Waals surface area contributed by atoms with E-state index in [1.54, 1.807) is 0 Å². The van der Waals surface area contributed by atoms with Gasteiger partial charge in [0, 0.05) is 22.6 Å². The fourth-order valence-corrected chi connectivity index (χ4v) is 4.82. The van der Waals surface area contributed by atoms with E-state index in [0.29, 0.717) is 13.0 Å². The van der Waals surface area contributed by atoms with Gasteiger partial charge in [0.15, 0.2) is 0 Å². The second-order valence-electron chi connectivity index (χ2n) is 8.13. The SMILES string of the molecule is CCc1ccc(-c2[nH]c(/C=C3/C=C(C)C(c4ccc(OCCCC(=O)O)cc4)=N3)cc2C)s1. The molecule has 4 rings (SSSR count). The van der Waals surface area contributed by atoms with Crippen molar-refractivity contribution in [3.63, 3.8) is 0 Å². The Morgan fingerprint density at radius 2 is 1.97 bits per heavy atom. The van der Waals surface area contributed by atoms with Gasteiger partial charge < -0.3 is 14.8 Å². The maximum Gasteiger partial charge on any atom is 0.303 e. The van der Waals surface area contributed by atoms with E-state index in [9.17, 15) is 4.79 Å². The second kappa shape index (κ2) is 10.0. The number of hydrogen-bond acceptors (Lipinski definition) is 4. The van der Waals surface area contributed by atoms with Crippen molar-refractivity contribution in [2.45, 2.75) is 40.0 Å². The average molecular weight is 461 g/mol. The third-order valence-electron chi connectivity index (χ3n) is 5.51. The molecule has 0 bridgehead atoms. The first-order chi connectivity index (χ1) is 15.9. The molecule has 1 aliphatic rings. The number of carboxylic acid groups (broad SMARTS) is 1. The Kier molecular flexibility index (Phi) is 6.94. The van der Waals surface area contributed by atoms with E-state index < -0.39 is 5.97 Å². The molecule has 33 heavy (non-hydrogen) atoms. The molecule has 2 aromatic heterocycles. The van der Waals surface area contributed by atoms with Crippen LogP contribution in [-0.2, 0) is 11.2 Å². The quantitative estimate of drug-likeness (QED) is 0.351. The van der Waals surface area contributed by atoms with Crippen LogP contribution in [0.5, 0.6) is 5.75 Å². The summed E-state index contributed by atoms with van der Waals surface area (Å²) in [6, 6.07) is 14.3. The number of aliphatic imine (C=N–C) groups is 1. The van der Waals surface area contributed by atoms with Crippen LogP contribution in [0.15, 0.2) is 64.8 Å². The molecule has 0 atom stereocenters. The zero-order valence-electron chi connectivity index (χ0n) is 19.1. The van der Waals surface area contributed by atoms with Crippen LogP contribution >= 0.6 is 11.3 Å². The summed E-state index contributed by atoms with van der Waals surface area (Å²) in [5, 5.41) is 8.70. The third kappa shape index (κ3) is 5.52. The van der Waals surface area contributed by atoms with Gasteiger partial charge >= 0.3 is 5.97 Å². The number of hydrogen-bond donors (Lipinski definition) is 2. The Morgan fingerprint density at radius 1 is 1.18 bits per heavy atom. The fourth-order valence-electron chi connectivity index (χ4n) is 3.81. The molecule has 1 aliphatic heterocycles. The van der Waals surface area contributed by atoms with Crippen molar-refractivity contribution >= 4 is 29.1 Å². The molecule has 0 saturated carbocycles.